The molecule has 0 unspecified atom stereocenters. The number of carboxylic acids is 1. The van der Waals surface area contributed by atoms with Gasteiger partial charge in [-0.05, 0) is 37.9 Å². The number of aromatic carboxylic acids is 1. The zero-order chi connectivity index (χ0) is 14.8. The van der Waals surface area contributed by atoms with E-state index in [1.807, 2.05) is 24.3 Å². The molecule has 0 saturated carbocycles. The van der Waals surface area contributed by atoms with Crippen LogP contribution in [-0.4, -0.2) is 29.1 Å². The first-order valence-corrected chi connectivity index (χ1v) is 7.65. The second kappa shape index (κ2) is 5.90. The molecule has 0 aliphatic carbocycles. The molecule has 4 nitrogen and oxygen atoms in total. The number of para-hydroxylation sites is 1. The standard InChI is InChI=1S/C17H21NO3/c1-2-12-7-9-18(10-8-12)11-14-13-5-3-4-6-15(13)21-16(14)17(19)20/h3-6,12H,2,7-11H2,1H3,(H,19,20). The third kappa shape index (κ3) is 2.81. The van der Waals surface area contributed by atoms with Crippen LogP contribution in [0.4, 0.5) is 0 Å². The Bertz CT molecular complexity index is 639. The highest BCUT2D eigenvalue weighted by Gasteiger charge is 2.24. The number of fused-ring (bicyclic) bond motifs is 1. The smallest absolute Gasteiger partial charge is 0.372 e. The zero-order valence-corrected chi connectivity index (χ0v) is 12.3. The number of hydrogen-bond donors (Lipinski definition) is 1. The van der Waals surface area contributed by atoms with Crippen LogP contribution in [0.15, 0.2) is 28.7 Å². The lowest BCUT2D eigenvalue weighted by atomic mass is 9.94. The summed E-state index contributed by atoms with van der Waals surface area (Å²) in [6.07, 6.45) is 3.65. The first-order valence-electron chi connectivity index (χ1n) is 7.65. The monoisotopic (exact) mass is 287 g/mol. The molecule has 0 amide bonds. The largest absolute Gasteiger partial charge is 0.475 e. The molecule has 1 saturated heterocycles. The van der Waals surface area contributed by atoms with Crippen LogP contribution < -0.4 is 0 Å². The lowest BCUT2D eigenvalue weighted by Gasteiger charge is -2.31. The van der Waals surface area contributed by atoms with Crippen molar-refractivity contribution in [3.63, 3.8) is 0 Å². The Morgan fingerprint density at radius 1 is 1.33 bits per heavy atom. The predicted octanol–water partition coefficient (Wildman–Crippen LogP) is 3.75. The Balaban J connectivity index is 1.86. The SMILES string of the molecule is CCC1CCN(Cc2c(C(=O)O)oc3ccccc23)CC1. The van der Waals surface area contributed by atoms with Crippen molar-refractivity contribution >= 4 is 16.9 Å². The fourth-order valence-corrected chi connectivity index (χ4v) is 3.20. The van der Waals surface area contributed by atoms with Gasteiger partial charge < -0.3 is 9.52 Å². The van der Waals surface area contributed by atoms with Crippen LogP contribution >= 0.6 is 0 Å². The summed E-state index contributed by atoms with van der Waals surface area (Å²) < 4.78 is 5.52. The summed E-state index contributed by atoms with van der Waals surface area (Å²) in [7, 11) is 0. The Morgan fingerprint density at radius 3 is 2.71 bits per heavy atom. The van der Waals surface area contributed by atoms with Gasteiger partial charge in [0.1, 0.15) is 5.58 Å². The molecule has 2 aromatic rings. The van der Waals surface area contributed by atoms with Crippen molar-refractivity contribution < 1.29 is 14.3 Å². The molecule has 1 fully saturated rings. The number of benzene rings is 1. The average Bonchev–Trinajstić information content (AvgIpc) is 2.87. The Labute approximate surface area is 124 Å². The lowest BCUT2D eigenvalue weighted by molar-refractivity contribution is 0.0660. The highest BCUT2D eigenvalue weighted by molar-refractivity contribution is 5.95. The number of rotatable bonds is 4. The van der Waals surface area contributed by atoms with Gasteiger partial charge >= 0.3 is 5.97 Å². The molecule has 0 spiro atoms. The minimum atomic E-state index is -0.982. The predicted molar refractivity (Wildman–Crippen MR) is 81.5 cm³/mol. The maximum Gasteiger partial charge on any atom is 0.372 e. The summed E-state index contributed by atoms with van der Waals surface area (Å²) in [6, 6.07) is 7.57. The Hall–Kier alpha value is -1.81. The van der Waals surface area contributed by atoms with Gasteiger partial charge in [-0.3, -0.25) is 4.90 Å². The summed E-state index contributed by atoms with van der Waals surface area (Å²) in [5.41, 5.74) is 1.47. The number of nitrogens with zero attached hydrogens (tertiary/aromatic N) is 1. The number of furan rings is 1. The number of likely N-dealkylation sites (tertiary alicyclic amines) is 1. The van der Waals surface area contributed by atoms with Crippen molar-refractivity contribution in [2.75, 3.05) is 13.1 Å². The van der Waals surface area contributed by atoms with Gasteiger partial charge in [-0.2, -0.15) is 0 Å². The number of hydrogen-bond acceptors (Lipinski definition) is 3. The van der Waals surface area contributed by atoms with E-state index < -0.39 is 5.97 Å². The lowest BCUT2D eigenvalue weighted by Crippen LogP contribution is -2.33. The van der Waals surface area contributed by atoms with E-state index in [9.17, 15) is 9.90 Å². The van der Waals surface area contributed by atoms with E-state index in [2.05, 4.69) is 11.8 Å². The average molecular weight is 287 g/mol. The summed E-state index contributed by atoms with van der Waals surface area (Å²) in [5.74, 6) is -0.0697. The summed E-state index contributed by atoms with van der Waals surface area (Å²) in [5, 5.41) is 10.3. The summed E-state index contributed by atoms with van der Waals surface area (Å²) in [6.45, 7) is 4.98. The zero-order valence-electron chi connectivity index (χ0n) is 12.3. The van der Waals surface area contributed by atoms with Crippen molar-refractivity contribution in [2.45, 2.75) is 32.7 Å². The first-order chi connectivity index (χ1) is 10.2. The Morgan fingerprint density at radius 2 is 2.05 bits per heavy atom. The minimum Gasteiger partial charge on any atom is -0.475 e. The molecule has 1 N–H and O–H groups in total. The van der Waals surface area contributed by atoms with E-state index in [-0.39, 0.29) is 5.76 Å². The highest BCUT2D eigenvalue weighted by Crippen LogP contribution is 2.29. The highest BCUT2D eigenvalue weighted by atomic mass is 16.4. The van der Waals surface area contributed by atoms with Crippen molar-refractivity contribution in [2.24, 2.45) is 5.92 Å². The molecule has 112 valence electrons. The van der Waals surface area contributed by atoms with Crippen molar-refractivity contribution in [3.8, 4) is 0 Å². The molecular weight excluding hydrogens is 266 g/mol. The van der Waals surface area contributed by atoms with E-state index >= 15 is 0 Å². The van der Waals surface area contributed by atoms with Gasteiger partial charge in [0.25, 0.3) is 0 Å². The minimum absolute atomic E-state index is 0.0915. The molecule has 0 bridgehead atoms. The summed E-state index contributed by atoms with van der Waals surface area (Å²) >= 11 is 0. The molecule has 21 heavy (non-hydrogen) atoms. The topological polar surface area (TPSA) is 53.7 Å². The maximum atomic E-state index is 11.4. The van der Waals surface area contributed by atoms with Gasteiger partial charge in [0, 0.05) is 17.5 Å². The van der Waals surface area contributed by atoms with Gasteiger partial charge in [0.2, 0.25) is 5.76 Å². The van der Waals surface area contributed by atoms with Gasteiger partial charge in [0.05, 0.1) is 0 Å². The van der Waals surface area contributed by atoms with E-state index in [0.29, 0.717) is 12.1 Å². The van der Waals surface area contributed by atoms with E-state index in [1.165, 1.54) is 19.3 Å². The van der Waals surface area contributed by atoms with Crippen molar-refractivity contribution in [1.82, 2.24) is 4.90 Å². The second-order valence-electron chi connectivity index (χ2n) is 5.84. The molecule has 1 aliphatic rings. The molecular formula is C17H21NO3. The fourth-order valence-electron chi connectivity index (χ4n) is 3.20. The van der Waals surface area contributed by atoms with Crippen LogP contribution in [0.1, 0.15) is 42.3 Å². The van der Waals surface area contributed by atoms with Crippen LogP contribution in [0, 0.1) is 5.92 Å². The molecule has 1 aliphatic heterocycles. The van der Waals surface area contributed by atoms with Crippen molar-refractivity contribution in [1.29, 1.82) is 0 Å². The van der Waals surface area contributed by atoms with Gasteiger partial charge in [0.15, 0.2) is 0 Å². The van der Waals surface area contributed by atoms with Crippen LogP contribution in [0.2, 0.25) is 0 Å². The molecule has 1 aromatic heterocycles. The maximum absolute atomic E-state index is 11.4. The molecule has 2 heterocycles. The fraction of sp³-hybridized carbons (Fsp3) is 0.471. The number of carbonyl (C=O) groups is 1. The van der Waals surface area contributed by atoms with Crippen LogP contribution in [0.25, 0.3) is 11.0 Å². The number of carboxylic acid groups (broad SMARTS) is 1. The quantitative estimate of drug-likeness (QED) is 0.930. The molecule has 4 heteroatoms. The van der Waals surface area contributed by atoms with E-state index in [1.54, 1.807) is 0 Å². The van der Waals surface area contributed by atoms with Crippen LogP contribution in [-0.2, 0) is 6.54 Å². The molecule has 1 aromatic carbocycles. The third-order valence-electron chi connectivity index (χ3n) is 4.56. The number of piperidine rings is 1. The second-order valence-corrected chi connectivity index (χ2v) is 5.84. The summed E-state index contributed by atoms with van der Waals surface area (Å²) in [4.78, 5) is 13.8. The molecule has 0 radical (unpaired) electrons. The van der Waals surface area contributed by atoms with E-state index in [0.717, 1.165) is 30.0 Å². The van der Waals surface area contributed by atoms with Crippen molar-refractivity contribution in [3.05, 3.63) is 35.6 Å². The third-order valence-corrected chi connectivity index (χ3v) is 4.56. The molecule has 3 rings (SSSR count). The van der Waals surface area contributed by atoms with Gasteiger partial charge in [-0.25, -0.2) is 4.79 Å². The molecule has 0 atom stereocenters. The Kier molecular flexibility index (Phi) is 3.97. The van der Waals surface area contributed by atoms with Crippen LogP contribution in [0.5, 0.6) is 0 Å². The normalized spacial score (nSPS) is 17.4. The van der Waals surface area contributed by atoms with Crippen LogP contribution in [0.3, 0.4) is 0 Å². The van der Waals surface area contributed by atoms with Gasteiger partial charge in [-0.1, -0.05) is 31.5 Å². The van der Waals surface area contributed by atoms with E-state index in [4.69, 9.17) is 4.42 Å². The first kappa shape index (κ1) is 14.1. The van der Waals surface area contributed by atoms with Gasteiger partial charge in [-0.15, -0.1) is 0 Å².